The van der Waals surface area contributed by atoms with E-state index in [0.29, 0.717) is 0 Å². The Kier molecular flexibility index (Phi) is 3.06. The third-order valence-corrected chi connectivity index (χ3v) is 1.93. The number of nitrogens with zero attached hydrogens (tertiary/aromatic N) is 3. The van der Waals surface area contributed by atoms with Crippen molar-refractivity contribution >= 4 is 5.97 Å². The number of alkyl halides is 1. The molecule has 15 heavy (non-hydrogen) atoms. The normalized spacial score (nSPS) is 13.9. The Morgan fingerprint density at radius 1 is 1.73 bits per heavy atom. The van der Waals surface area contributed by atoms with Crippen LogP contribution < -0.4 is 0 Å². The monoisotopic (exact) mass is 215 g/mol. The number of hydrogen-bond acceptors (Lipinski definition) is 3. The molecule has 1 heterocycles. The van der Waals surface area contributed by atoms with E-state index in [1.54, 1.807) is 0 Å². The lowest BCUT2D eigenvalue weighted by Gasteiger charge is -2.16. The van der Waals surface area contributed by atoms with Gasteiger partial charge in [-0.1, -0.05) is 0 Å². The number of carboxylic acids is 1. The van der Waals surface area contributed by atoms with Gasteiger partial charge in [-0.15, -0.1) is 0 Å². The minimum absolute atomic E-state index is 0.0000463. The van der Waals surface area contributed by atoms with E-state index in [1.165, 1.54) is 31.8 Å². The highest BCUT2D eigenvalue weighted by molar-refractivity contribution is 5.74. The molecule has 6 heteroatoms. The quantitative estimate of drug-likeness (QED) is 0.819. The van der Waals surface area contributed by atoms with Gasteiger partial charge >= 0.3 is 5.97 Å². The van der Waals surface area contributed by atoms with Crippen molar-refractivity contribution in [3.8, 4) is 0 Å². The van der Waals surface area contributed by atoms with Crippen molar-refractivity contribution in [2.75, 3.05) is 0 Å². The second-order valence-corrected chi connectivity index (χ2v) is 4.05. The lowest BCUT2D eigenvalue weighted by Crippen LogP contribution is -2.25. The zero-order valence-electron chi connectivity index (χ0n) is 8.94. The highest BCUT2D eigenvalue weighted by atomic mass is 19.1. The van der Waals surface area contributed by atoms with Crippen LogP contribution in [0.2, 0.25) is 0 Å². The summed E-state index contributed by atoms with van der Waals surface area (Å²) in [5.74, 6) is -1.51. The van der Waals surface area contributed by atoms with Crippen LogP contribution >= 0.6 is 0 Å². The molecular formula is C9H14FN3O2. The van der Waals surface area contributed by atoms with E-state index >= 15 is 0 Å². The Bertz CT molecular complexity index is 356. The average Bonchev–Trinajstić information content (AvgIpc) is 2.47. The number of halogens is 1. The van der Waals surface area contributed by atoms with E-state index in [0.717, 1.165) is 0 Å². The molecule has 0 saturated carbocycles. The first kappa shape index (κ1) is 11.6. The number of rotatable bonds is 4. The topological polar surface area (TPSA) is 68.0 Å². The lowest BCUT2D eigenvalue weighted by molar-refractivity contribution is -0.138. The van der Waals surface area contributed by atoms with Gasteiger partial charge in [0.05, 0.1) is 6.54 Å². The maximum atomic E-state index is 13.4. The second kappa shape index (κ2) is 3.96. The predicted octanol–water partition coefficient (Wildman–Crippen LogP) is 1.21. The third-order valence-electron chi connectivity index (χ3n) is 1.93. The molecule has 5 nitrogen and oxygen atoms in total. The molecular weight excluding hydrogens is 201 g/mol. The van der Waals surface area contributed by atoms with Gasteiger partial charge in [-0.2, -0.15) is 5.10 Å². The lowest BCUT2D eigenvalue weighted by atomic mass is 10.1. The first-order valence-corrected chi connectivity index (χ1v) is 4.60. The van der Waals surface area contributed by atoms with Gasteiger partial charge in [0.15, 0.2) is 0 Å². The van der Waals surface area contributed by atoms with Gasteiger partial charge in [-0.3, -0.25) is 4.79 Å². The molecule has 0 aromatic carbocycles. The standard InChI is InChI=1S/C9H14FN3O2/c1-6(8(14)15)7-11-5-12-13(7)4-9(2,3)10/h5-6H,4H2,1-3H3,(H,14,15). The van der Waals surface area contributed by atoms with Crippen molar-refractivity contribution in [1.29, 1.82) is 0 Å². The van der Waals surface area contributed by atoms with Crippen LogP contribution in [0.25, 0.3) is 0 Å². The zero-order valence-corrected chi connectivity index (χ0v) is 8.94. The van der Waals surface area contributed by atoms with E-state index in [2.05, 4.69) is 10.1 Å². The minimum atomic E-state index is -1.44. The maximum absolute atomic E-state index is 13.4. The molecule has 0 amide bonds. The van der Waals surface area contributed by atoms with E-state index in [-0.39, 0.29) is 12.4 Å². The maximum Gasteiger partial charge on any atom is 0.313 e. The van der Waals surface area contributed by atoms with Gasteiger partial charge in [0.25, 0.3) is 0 Å². The summed E-state index contributed by atoms with van der Waals surface area (Å²) in [4.78, 5) is 14.6. The molecule has 1 unspecified atom stereocenters. The van der Waals surface area contributed by atoms with Crippen LogP contribution in [0.4, 0.5) is 4.39 Å². The number of aliphatic carboxylic acids is 1. The molecule has 84 valence electrons. The summed E-state index contributed by atoms with van der Waals surface area (Å²) in [7, 11) is 0. The summed E-state index contributed by atoms with van der Waals surface area (Å²) in [6.07, 6.45) is 1.24. The van der Waals surface area contributed by atoms with Crippen LogP contribution in [-0.2, 0) is 11.3 Å². The first-order chi connectivity index (χ1) is 6.81. The van der Waals surface area contributed by atoms with E-state index < -0.39 is 17.6 Å². The van der Waals surface area contributed by atoms with Crippen LogP contribution in [0.3, 0.4) is 0 Å². The molecule has 0 fully saturated rings. The van der Waals surface area contributed by atoms with Gasteiger partial charge in [0.2, 0.25) is 0 Å². The molecule has 0 radical (unpaired) electrons. The smallest absolute Gasteiger partial charge is 0.313 e. The molecule has 1 N–H and O–H groups in total. The van der Waals surface area contributed by atoms with Crippen LogP contribution in [0.1, 0.15) is 32.5 Å². The molecule has 1 atom stereocenters. The van der Waals surface area contributed by atoms with Gasteiger partial charge in [-0.25, -0.2) is 14.1 Å². The number of carboxylic acid groups (broad SMARTS) is 1. The Morgan fingerprint density at radius 2 is 2.33 bits per heavy atom. The molecule has 0 bridgehead atoms. The molecule has 0 aliphatic carbocycles. The SMILES string of the molecule is CC(C(=O)O)c1ncnn1CC(C)(C)F. The van der Waals surface area contributed by atoms with Gasteiger partial charge in [-0.05, 0) is 20.8 Å². The highest BCUT2D eigenvalue weighted by Crippen LogP contribution is 2.16. The number of aromatic nitrogens is 3. The predicted molar refractivity (Wildman–Crippen MR) is 51.3 cm³/mol. The molecule has 1 aromatic heterocycles. The minimum Gasteiger partial charge on any atom is -0.481 e. The molecule has 0 aliphatic heterocycles. The summed E-state index contributed by atoms with van der Waals surface area (Å²) in [5, 5.41) is 12.6. The van der Waals surface area contributed by atoms with Crippen LogP contribution in [0.15, 0.2) is 6.33 Å². The fourth-order valence-electron chi connectivity index (χ4n) is 1.20. The Hall–Kier alpha value is -1.46. The molecule has 0 spiro atoms. The Balaban J connectivity index is 2.92. The Morgan fingerprint density at radius 3 is 2.80 bits per heavy atom. The molecule has 1 aromatic rings. The summed E-state index contributed by atoms with van der Waals surface area (Å²) in [5.41, 5.74) is -1.44. The van der Waals surface area contributed by atoms with E-state index in [9.17, 15) is 9.18 Å². The van der Waals surface area contributed by atoms with Crippen molar-refractivity contribution in [2.45, 2.75) is 38.9 Å². The third kappa shape index (κ3) is 3.00. The van der Waals surface area contributed by atoms with Crippen molar-refractivity contribution in [1.82, 2.24) is 14.8 Å². The Labute approximate surface area is 86.9 Å². The van der Waals surface area contributed by atoms with E-state index in [1.807, 2.05) is 0 Å². The van der Waals surface area contributed by atoms with Crippen molar-refractivity contribution in [2.24, 2.45) is 0 Å². The van der Waals surface area contributed by atoms with Crippen LogP contribution in [0, 0.1) is 0 Å². The number of carbonyl (C=O) groups is 1. The van der Waals surface area contributed by atoms with Crippen LogP contribution in [-0.4, -0.2) is 31.5 Å². The fraction of sp³-hybridized carbons (Fsp3) is 0.667. The van der Waals surface area contributed by atoms with Gasteiger partial charge in [0, 0.05) is 0 Å². The van der Waals surface area contributed by atoms with Gasteiger partial charge in [0.1, 0.15) is 23.7 Å². The molecule has 0 saturated heterocycles. The largest absolute Gasteiger partial charge is 0.481 e. The van der Waals surface area contributed by atoms with Crippen molar-refractivity contribution in [3.63, 3.8) is 0 Å². The van der Waals surface area contributed by atoms with Gasteiger partial charge < -0.3 is 5.11 Å². The average molecular weight is 215 g/mol. The van der Waals surface area contributed by atoms with E-state index in [4.69, 9.17) is 5.11 Å². The summed E-state index contributed by atoms with van der Waals surface area (Å²) < 4.78 is 14.7. The van der Waals surface area contributed by atoms with Crippen LogP contribution in [0.5, 0.6) is 0 Å². The number of hydrogen-bond donors (Lipinski definition) is 1. The summed E-state index contributed by atoms with van der Waals surface area (Å²) in [6.45, 7) is 4.31. The van der Waals surface area contributed by atoms with Crippen molar-refractivity contribution < 1.29 is 14.3 Å². The summed E-state index contributed by atoms with van der Waals surface area (Å²) >= 11 is 0. The van der Waals surface area contributed by atoms with Crippen molar-refractivity contribution in [3.05, 3.63) is 12.2 Å². The highest BCUT2D eigenvalue weighted by Gasteiger charge is 2.24. The second-order valence-electron chi connectivity index (χ2n) is 4.05. The molecule has 0 aliphatic rings. The zero-order chi connectivity index (χ0) is 11.6. The summed E-state index contributed by atoms with van der Waals surface area (Å²) in [6, 6.07) is 0. The molecule has 1 rings (SSSR count). The first-order valence-electron chi connectivity index (χ1n) is 4.60. The fourth-order valence-corrected chi connectivity index (χ4v) is 1.20.